The van der Waals surface area contributed by atoms with E-state index in [-0.39, 0.29) is 6.04 Å². The van der Waals surface area contributed by atoms with Crippen LogP contribution in [0.3, 0.4) is 0 Å². The number of thiophene rings is 1. The Balaban J connectivity index is 2.34. The van der Waals surface area contributed by atoms with Crippen LogP contribution in [0.4, 0.5) is 0 Å². The van der Waals surface area contributed by atoms with Gasteiger partial charge in [-0.25, -0.2) is 0 Å². The number of methoxy groups -OCH3 is 1. The van der Waals surface area contributed by atoms with Gasteiger partial charge in [0, 0.05) is 0 Å². The highest BCUT2D eigenvalue weighted by Gasteiger charge is 2.11. The molecule has 1 atom stereocenters. The van der Waals surface area contributed by atoms with Crippen molar-refractivity contribution in [3.8, 4) is 5.75 Å². The second kappa shape index (κ2) is 4.87. The molecule has 0 aliphatic carbocycles. The lowest BCUT2D eigenvalue weighted by Crippen LogP contribution is -2.10. The smallest absolute Gasteiger partial charge is 0.137 e. The average Bonchev–Trinajstić information content (AvgIpc) is 2.82. The molecule has 2 rings (SSSR count). The highest BCUT2D eigenvalue weighted by molar-refractivity contribution is 7.08. The van der Waals surface area contributed by atoms with Gasteiger partial charge in [0.15, 0.2) is 0 Å². The number of ether oxygens (including phenoxy) is 1. The van der Waals surface area contributed by atoms with E-state index in [9.17, 15) is 0 Å². The first-order valence-electron chi connectivity index (χ1n) is 4.83. The van der Waals surface area contributed by atoms with Crippen LogP contribution in [0.25, 0.3) is 0 Å². The maximum absolute atomic E-state index is 6.14. The van der Waals surface area contributed by atoms with Crippen molar-refractivity contribution in [2.45, 2.75) is 6.04 Å². The summed E-state index contributed by atoms with van der Waals surface area (Å²) in [6, 6.07) is 7.51. The van der Waals surface area contributed by atoms with Crippen LogP contribution in [0.2, 0.25) is 5.02 Å². The lowest BCUT2D eigenvalue weighted by Gasteiger charge is -2.12. The predicted molar refractivity (Wildman–Crippen MR) is 68.4 cm³/mol. The molecule has 1 aromatic carbocycles. The van der Waals surface area contributed by atoms with E-state index in [1.54, 1.807) is 18.4 Å². The monoisotopic (exact) mass is 253 g/mol. The third-order valence-corrected chi connectivity index (χ3v) is 3.45. The van der Waals surface area contributed by atoms with Gasteiger partial charge in [-0.15, -0.1) is 0 Å². The lowest BCUT2D eigenvalue weighted by molar-refractivity contribution is 0.414. The third kappa shape index (κ3) is 2.21. The van der Waals surface area contributed by atoms with E-state index in [4.69, 9.17) is 22.1 Å². The molecule has 0 aliphatic rings. The van der Waals surface area contributed by atoms with E-state index in [0.29, 0.717) is 10.8 Å². The van der Waals surface area contributed by atoms with Crippen molar-refractivity contribution in [1.29, 1.82) is 0 Å². The van der Waals surface area contributed by atoms with Crippen LogP contribution in [0.15, 0.2) is 35.0 Å². The molecule has 0 unspecified atom stereocenters. The SMILES string of the molecule is COc1cc([C@@H](N)c2ccsc2)ccc1Cl. The van der Waals surface area contributed by atoms with Gasteiger partial charge in [0.05, 0.1) is 18.2 Å². The Hall–Kier alpha value is -1.03. The number of rotatable bonds is 3. The Bertz CT molecular complexity index is 470. The standard InChI is InChI=1S/C12H12ClNOS/c1-15-11-6-8(2-3-10(11)13)12(14)9-4-5-16-7-9/h2-7,12H,14H2,1H3/t12-/m1/s1. The molecule has 0 saturated carbocycles. The van der Waals surface area contributed by atoms with Crippen molar-refractivity contribution in [2.75, 3.05) is 7.11 Å². The minimum atomic E-state index is -0.127. The third-order valence-electron chi connectivity index (χ3n) is 2.44. The zero-order valence-electron chi connectivity index (χ0n) is 8.81. The van der Waals surface area contributed by atoms with Gasteiger partial charge in [-0.05, 0) is 40.1 Å². The molecule has 2 nitrogen and oxygen atoms in total. The van der Waals surface area contributed by atoms with Crippen molar-refractivity contribution < 1.29 is 4.74 Å². The molecule has 0 spiro atoms. The molecular weight excluding hydrogens is 242 g/mol. The lowest BCUT2D eigenvalue weighted by atomic mass is 10.0. The van der Waals surface area contributed by atoms with Crippen molar-refractivity contribution in [1.82, 2.24) is 0 Å². The molecule has 1 heterocycles. The van der Waals surface area contributed by atoms with Gasteiger partial charge in [0.25, 0.3) is 0 Å². The molecule has 0 fully saturated rings. The summed E-state index contributed by atoms with van der Waals surface area (Å²) in [6.07, 6.45) is 0. The average molecular weight is 254 g/mol. The summed E-state index contributed by atoms with van der Waals surface area (Å²) >= 11 is 7.60. The number of nitrogens with two attached hydrogens (primary N) is 1. The molecule has 0 bridgehead atoms. The Morgan fingerprint density at radius 1 is 1.31 bits per heavy atom. The second-order valence-corrected chi connectivity index (χ2v) is 4.62. The van der Waals surface area contributed by atoms with Gasteiger partial charge in [-0.1, -0.05) is 17.7 Å². The fourth-order valence-electron chi connectivity index (χ4n) is 1.51. The van der Waals surface area contributed by atoms with Crippen molar-refractivity contribution in [3.63, 3.8) is 0 Å². The molecule has 16 heavy (non-hydrogen) atoms. The first kappa shape index (κ1) is 11.5. The van der Waals surface area contributed by atoms with E-state index in [0.717, 1.165) is 11.1 Å². The highest BCUT2D eigenvalue weighted by atomic mass is 35.5. The Morgan fingerprint density at radius 3 is 2.75 bits per heavy atom. The van der Waals surface area contributed by atoms with Gasteiger partial charge in [0.1, 0.15) is 5.75 Å². The molecule has 0 radical (unpaired) electrons. The van der Waals surface area contributed by atoms with Crippen LogP contribution in [0, 0.1) is 0 Å². The normalized spacial score (nSPS) is 12.4. The summed E-state index contributed by atoms with van der Waals surface area (Å²) < 4.78 is 5.17. The Kier molecular flexibility index (Phi) is 3.49. The number of benzene rings is 1. The molecule has 0 aliphatic heterocycles. The molecule has 84 valence electrons. The zero-order chi connectivity index (χ0) is 11.5. The number of halogens is 1. The first-order chi connectivity index (χ1) is 7.72. The van der Waals surface area contributed by atoms with Gasteiger partial charge < -0.3 is 10.5 Å². The van der Waals surface area contributed by atoms with E-state index in [1.165, 1.54) is 0 Å². The summed E-state index contributed by atoms with van der Waals surface area (Å²) in [5.41, 5.74) is 8.25. The first-order valence-corrected chi connectivity index (χ1v) is 6.15. The van der Waals surface area contributed by atoms with Crippen LogP contribution < -0.4 is 10.5 Å². The van der Waals surface area contributed by atoms with Gasteiger partial charge in [0.2, 0.25) is 0 Å². The largest absolute Gasteiger partial charge is 0.495 e. The Labute approximate surface area is 104 Å². The van der Waals surface area contributed by atoms with Crippen LogP contribution in [-0.4, -0.2) is 7.11 Å². The molecule has 4 heteroatoms. The zero-order valence-corrected chi connectivity index (χ0v) is 10.4. The topological polar surface area (TPSA) is 35.2 Å². The number of hydrogen-bond acceptors (Lipinski definition) is 3. The van der Waals surface area contributed by atoms with E-state index < -0.39 is 0 Å². The minimum Gasteiger partial charge on any atom is -0.495 e. The summed E-state index contributed by atoms with van der Waals surface area (Å²) in [5, 5.41) is 4.66. The molecule has 1 aromatic heterocycles. The van der Waals surface area contributed by atoms with Crippen LogP contribution in [0.5, 0.6) is 5.75 Å². The highest BCUT2D eigenvalue weighted by Crippen LogP contribution is 2.29. The summed E-state index contributed by atoms with van der Waals surface area (Å²) in [7, 11) is 1.60. The van der Waals surface area contributed by atoms with Gasteiger partial charge >= 0.3 is 0 Å². The maximum Gasteiger partial charge on any atom is 0.137 e. The van der Waals surface area contributed by atoms with Crippen molar-refractivity contribution >= 4 is 22.9 Å². The van der Waals surface area contributed by atoms with Crippen molar-refractivity contribution in [3.05, 3.63) is 51.2 Å². The summed E-state index contributed by atoms with van der Waals surface area (Å²) in [5.74, 6) is 0.657. The van der Waals surface area contributed by atoms with Crippen LogP contribution in [0.1, 0.15) is 17.2 Å². The number of hydrogen-bond donors (Lipinski definition) is 1. The van der Waals surface area contributed by atoms with E-state index in [2.05, 4.69) is 0 Å². The van der Waals surface area contributed by atoms with Crippen LogP contribution in [-0.2, 0) is 0 Å². The fourth-order valence-corrected chi connectivity index (χ4v) is 2.41. The molecule has 0 amide bonds. The quantitative estimate of drug-likeness (QED) is 0.909. The molecule has 2 N–H and O–H groups in total. The molecule has 2 aromatic rings. The summed E-state index contributed by atoms with van der Waals surface area (Å²) in [4.78, 5) is 0. The van der Waals surface area contributed by atoms with Gasteiger partial charge in [-0.2, -0.15) is 11.3 Å². The second-order valence-electron chi connectivity index (χ2n) is 3.43. The molecule has 0 saturated heterocycles. The minimum absolute atomic E-state index is 0.127. The van der Waals surface area contributed by atoms with Crippen LogP contribution >= 0.6 is 22.9 Å². The molecular formula is C12H12ClNOS. The van der Waals surface area contributed by atoms with E-state index >= 15 is 0 Å². The fraction of sp³-hybridized carbons (Fsp3) is 0.167. The predicted octanol–water partition coefficient (Wildman–Crippen LogP) is 3.46. The Morgan fingerprint density at radius 2 is 2.12 bits per heavy atom. The summed E-state index contributed by atoms with van der Waals surface area (Å²) in [6.45, 7) is 0. The van der Waals surface area contributed by atoms with E-state index in [1.807, 2.05) is 35.0 Å². The van der Waals surface area contributed by atoms with Crippen molar-refractivity contribution in [2.24, 2.45) is 5.73 Å². The van der Waals surface area contributed by atoms with Gasteiger partial charge in [-0.3, -0.25) is 0 Å². The maximum atomic E-state index is 6.14.